The molecule has 3 aromatic carbocycles. The van der Waals surface area contributed by atoms with E-state index in [2.05, 4.69) is 25.6 Å². The SMILES string of the molecule is O=C(O)N[C@H](C(=O)N1CCCC1c1ncc(-c2ccc(-c3ccc(N4CC(Cn5ccnn5)OO4)cc3F)cc2)[nH]1)c1ccccc1. The first kappa shape index (κ1) is 30.1. The zero-order chi connectivity index (χ0) is 32.3. The van der Waals surface area contributed by atoms with E-state index in [9.17, 15) is 14.7 Å². The van der Waals surface area contributed by atoms with Crippen LogP contribution in [0.15, 0.2) is 91.4 Å². The van der Waals surface area contributed by atoms with Crippen molar-refractivity contribution in [1.82, 2.24) is 35.2 Å². The van der Waals surface area contributed by atoms with E-state index in [1.165, 1.54) is 11.1 Å². The standard InChI is InChI=1S/C33H31FN8O5/c34-27-17-24(42-20-25(46-47-42)19-40-16-14-36-39-40)12-13-26(27)21-8-10-22(11-9-21)28-18-35-31(37-28)29-7-4-15-41(29)32(43)30(38-33(44)45)23-5-2-1-3-6-23/h1-3,5-6,8-14,16-18,25,29-30,38H,4,7,15,19-20H2,(H,35,37)(H,44,45)/t25?,29?,30-/m0/s1. The summed E-state index contributed by atoms with van der Waals surface area (Å²) in [6.07, 6.45) is 4.92. The fourth-order valence-corrected chi connectivity index (χ4v) is 6.05. The largest absolute Gasteiger partial charge is 0.465 e. The molecule has 0 saturated carbocycles. The van der Waals surface area contributed by atoms with Gasteiger partial charge in [-0.15, -0.1) is 10.1 Å². The number of likely N-dealkylation sites (tertiary alicyclic amines) is 1. The van der Waals surface area contributed by atoms with Gasteiger partial charge in [-0.05, 0) is 41.7 Å². The lowest BCUT2D eigenvalue weighted by Crippen LogP contribution is -2.42. The van der Waals surface area contributed by atoms with Gasteiger partial charge < -0.3 is 20.3 Å². The second kappa shape index (κ2) is 13.0. The van der Waals surface area contributed by atoms with Crippen LogP contribution in [0, 0.1) is 5.82 Å². The molecule has 2 aliphatic rings. The highest BCUT2D eigenvalue weighted by Gasteiger charge is 2.37. The van der Waals surface area contributed by atoms with Gasteiger partial charge in [0, 0.05) is 24.4 Å². The highest BCUT2D eigenvalue weighted by Crippen LogP contribution is 2.35. The zero-order valence-electron chi connectivity index (χ0n) is 25.1. The van der Waals surface area contributed by atoms with E-state index in [0.717, 1.165) is 17.7 Å². The number of aromatic nitrogens is 5. The summed E-state index contributed by atoms with van der Waals surface area (Å²) >= 11 is 0. The first-order valence-corrected chi connectivity index (χ1v) is 15.2. The maximum absolute atomic E-state index is 15.3. The number of H-pyrrole nitrogens is 1. The predicted molar refractivity (Wildman–Crippen MR) is 167 cm³/mol. The fourth-order valence-electron chi connectivity index (χ4n) is 6.05. The van der Waals surface area contributed by atoms with E-state index in [1.54, 1.807) is 64.6 Å². The van der Waals surface area contributed by atoms with Crippen LogP contribution in [0.5, 0.6) is 0 Å². The van der Waals surface area contributed by atoms with Crippen LogP contribution in [0.4, 0.5) is 14.9 Å². The van der Waals surface area contributed by atoms with E-state index in [-0.39, 0.29) is 18.1 Å². The number of aromatic amines is 1. The van der Waals surface area contributed by atoms with Gasteiger partial charge in [0.1, 0.15) is 23.8 Å². The van der Waals surface area contributed by atoms with Crippen LogP contribution >= 0.6 is 0 Å². The molecule has 240 valence electrons. The summed E-state index contributed by atoms with van der Waals surface area (Å²) in [6.45, 7) is 1.35. The number of carbonyl (C=O) groups excluding carboxylic acids is 1. The molecule has 47 heavy (non-hydrogen) atoms. The molecule has 2 saturated heterocycles. The number of hydrogen-bond donors (Lipinski definition) is 3. The number of nitrogens with zero attached hydrogens (tertiary/aromatic N) is 6. The highest BCUT2D eigenvalue weighted by atomic mass is 19.1. The maximum Gasteiger partial charge on any atom is 0.405 e. The quantitative estimate of drug-likeness (QED) is 0.192. The smallest absolute Gasteiger partial charge is 0.405 e. The summed E-state index contributed by atoms with van der Waals surface area (Å²) in [4.78, 5) is 45.4. The monoisotopic (exact) mass is 638 g/mol. The van der Waals surface area contributed by atoms with Crippen molar-refractivity contribution < 1.29 is 29.0 Å². The minimum atomic E-state index is -1.27. The Bertz CT molecular complexity index is 1850. The van der Waals surface area contributed by atoms with Crippen molar-refractivity contribution in [3.8, 4) is 22.4 Å². The number of imidazole rings is 1. The average molecular weight is 639 g/mol. The molecule has 3 atom stereocenters. The van der Waals surface area contributed by atoms with Gasteiger partial charge in [0.25, 0.3) is 5.91 Å². The summed E-state index contributed by atoms with van der Waals surface area (Å²) in [7, 11) is 0. The van der Waals surface area contributed by atoms with Crippen molar-refractivity contribution in [3.63, 3.8) is 0 Å². The molecule has 2 aromatic heterocycles. The Morgan fingerprint density at radius 3 is 2.64 bits per heavy atom. The van der Waals surface area contributed by atoms with Crippen LogP contribution in [0.3, 0.4) is 0 Å². The molecule has 3 N–H and O–H groups in total. The number of hydroxylamine groups is 1. The van der Waals surface area contributed by atoms with E-state index >= 15 is 4.39 Å². The molecule has 7 rings (SSSR count). The molecule has 2 unspecified atom stereocenters. The van der Waals surface area contributed by atoms with Crippen LogP contribution in [0.1, 0.15) is 36.3 Å². The number of halogens is 1. The molecule has 0 spiro atoms. The van der Waals surface area contributed by atoms with Gasteiger partial charge in [0.05, 0.1) is 42.9 Å². The molecule has 2 fully saturated rings. The normalized spacial score (nSPS) is 18.4. The van der Waals surface area contributed by atoms with E-state index in [4.69, 9.17) is 9.88 Å². The number of anilines is 1. The maximum atomic E-state index is 15.3. The molecular weight excluding hydrogens is 607 g/mol. The second-order valence-corrected chi connectivity index (χ2v) is 11.4. The number of benzene rings is 3. The van der Waals surface area contributed by atoms with Gasteiger partial charge in [-0.25, -0.2) is 28.8 Å². The Balaban J connectivity index is 1.03. The molecular formula is C33H31FN8O5. The third kappa shape index (κ3) is 6.41. The first-order chi connectivity index (χ1) is 22.9. The molecule has 4 heterocycles. The number of nitrogens with one attached hydrogen (secondary N) is 2. The van der Waals surface area contributed by atoms with Crippen molar-refractivity contribution in [2.24, 2.45) is 0 Å². The van der Waals surface area contributed by atoms with Crippen LogP contribution in [-0.2, 0) is 21.2 Å². The molecule has 0 aliphatic carbocycles. The van der Waals surface area contributed by atoms with Gasteiger partial charge in [-0.2, -0.15) is 0 Å². The minimum Gasteiger partial charge on any atom is -0.465 e. The molecule has 0 radical (unpaired) electrons. The van der Waals surface area contributed by atoms with Crippen LogP contribution < -0.4 is 10.4 Å². The van der Waals surface area contributed by atoms with Gasteiger partial charge in [-0.1, -0.05) is 59.8 Å². The number of carbonyl (C=O) groups is 2. The molecule has 13 nitrogen and oxygen atoms in total. The fraction of sp³-hybridized carbons (Fsp3) is 0.242. The van der Waals surface area contributed by atoms with Crippen molar-refractivity contribution in [2.75, 3.05) is 18.2 Å². The van der Waals surface area contributed by atoms with E-state index < -0.39 is 18.0 Å². The molecule has 5 aromatic rings. The third-order valence-corrected chi connectivity index (χ3v) is 8.34. The van der Waals surface area contributed by atoms with Gasteiger partial charge in [0.2, 0.25) is 0 Å². The van der Waals surface area contributed by atoms with Crippen molar-refractivity contribution >= 4 is 17.7 Å². The molecule has 2 amide bonds. The lowest BCUT2D eigenvalue weighted by Gasteiger charge is -2.28. The van der Waals surface area contributed by atoms with Crippen LogP contribution in [-0.4, -0.2) is 66.2 Å². The average Bonchev–Trinajstić information content (AvgIpc) is 3.92. The summed E-state index contributed by atoms with van der Waals surface area (Å²) in [5, 5.41) is 21.0. The number of hydrogen-bond acceptors (Lipinski definition) is 8. The van der Waals surface area contributed by atoms with Gasteiger partial charge in [-0.3, -0.25) is 4.79 Å². The Morgan fingerprint density at radius 1 is 1.09 bits per heavy atom. The summed E-state index contributed by atoms with van der Waals surface area (Å²) in [6, 6.07) is 19.8. The topological polar surface area (TPSA) is 151 Å². The minimum absolute atomic E-state index is 0.285. The van der Waals surface area contributed by atoms with E-state index in [1.807, 2.05) is 30.3 Å². The highest BCUT2D eigenvalue weighted by molar-refractivity contribution is 5.87. The van der Waals surface area contributed by atoms with Crippen molar-refractivity contribution in [3.05, 3.63) is 109 Å². The third-order valence-electron chi connectivity index (χ3n) is 8.34. The van der Waals surface area contributed by atoms with Crippen LogP contribution in [0.2, 0.25) is 0 Å². The Morgan fingerprint density at radius 2 is 1.89 bits per heavy atom. The van der Waals surface area contributed by atoms with E-state index in [0.29, 0.717) is 54.3 Å². The first-order valence-electron chi connectivity index (χ1n) is 15.2. The van der Waals surface area contributed by atoms with Crippen molar-refractivity contribution in [2.45, 2.75) is 37.6 Å². The summed E-state index contributed by atoms with van der Waals surface area (Å²) < 4.78 is 16.9. The molecule has 14 heteroatoms. The van der Waals surface area contributed by atoms with Crippen molar-refractivity contribution in [1.29, 1.82) is 0 Å². The number of carboxylic acid groups (broad SMARTS) is 1. The molecule has 2 aliphatic heterocycles. The predicted octanol–water partition coefficient (Wildman–Crippen LogP) is 4.90. The van der Waals surface area contributed by atoms with Crippen LogP contribution in [0.25, 0.3) is 22.4 Å². The Kier molecular flexibility index (Phi) is 8.33. The van der Waals surface area contributed by atoms with Gasteiger partial charge in [0.15, 0.2) is 0 Å². The number of rotatable bonds is 9. The second-order valence-electron chi connectivity index (χ2n) is 11.4. The number of amides is 2. The lowest BCUT2D eigenvalue weighted by molar-refractivity contribution is -0.284. The Hall–Kier alpha value is -5.60. The zero-order valence-corrected chi connectivity index (χ0v) is 25.1. The Labute approximate surface area is 268 Å². The lowest BCUT2D eigenvalue weighted by atomic mass is 10.0. The molecule has 0 bridgehead atoms. The summed E-state index contributed by atoms with van der Waals surface area (Å²) in [5.41, 5.74) is 3.83. The summed E-state index contributed by atoms with van der Waals surface area (Å²) in [5.74, 6) is -0.109. The van der Waals surface area contributed by atoms with Gasteiger partial charge >= 0.3 is 6.09 Å².